The number of hydrogen-bond acceptors (Lipinski definition) is 4. The number of nitrogens with zero attached hydrogens (tertiary/aromatic N) is 1. The molecule has 0 saturated carbocycles. The Bertz CT molecular complexity index is 449. The predicted molar refractivity (Wildman–Crippen MR) is 74.3 cm³/mol. The molecule has 0 bridgehead atoms. The summed E-state index contributed by atoms with van der Waals surface area (Å²) in [5, 5.41) is 11.2. The molecule has 2 amide bonds. The molecule has 116 valence electrons. The summed E-state index contributed by atoms with van der Waals surface area (Å²) in [4.78, 5) is 23.7. The third-order valence-electron chi connectivity index (χ3n) is 3.27. The highest BCUT2D eigenvalue weighted by atomic mass is 32.2. The van der Waals surface area contributed by atoms with Gasteiger partial charge in [0.2, 0.25) is 0 Å². The van der Waals surface area contributed by atoms with Gasteiger partial charge in [-0.05, 0) is 19.8 Å². The van der Waals surface area contributed by atoms with Crippen molar-refractivity contribution in [1.82, 2.24) is 10.2 Å². The highest BCUT2D eigenvalue weighted by Crippen LogP contribution is 2.11. The highest BCUT2D eigenvalue weighted by Gasteiger charge is 2.30. The van der Waals surface area contributed by atoms with E-state index in [0.29, 0.717) is 13.0 Å². The van der Waals surface area contributed by atoms with Gasteiger partial charge in [-0.15, -0.1) is 0 Å². The van der Waals surface area contributed by atoms with Crippen molar-refractivity contribution in [2.24, 2.45) is 0 Å². The molecule has 1 aliphatic heterocycles. The lowest BCUT2D eigenvalue weighted by atomic mass is 10.2. The molecule has 2 N–H and O–H groups in total. The monoisotopic (exact) mass is 306 g/mol. The smallest absolute Gasteiger partial charge is 0.317 e. The van der Waals surface area contributed by atoms with Gasteiger partial charge in [-0.3, -0.25) is 4.79 Å². The van der Waals surface area contributed by atoms with Crippen molar-refractivity contribution in [2.75, 3.05) is 24.6 Å². The number of carbonyl (C=O) groups is 2. The van der Waals surface area contributed by atoms with Crippen LogP contribution in [0.2, 0.25) is 0 Å². The van der Waals surface area contributed by atoms with Crippen molar-refractivity contribution in [2.45, 2.75) is 38.6 Å². The van der Waals surface area contributed by atoms with Gasteiger partial charge in [0.1, 0.15) is 0 Å². The fourth-order valence-corrected chi connectivity index (χ4v) is 3.73. The normalized spacial score (nSPS) is 21.4. The van der Waals surface area contributed by atoms with E-state index in [1.165, 1.54) is 4.90 Å². The number of rotatable bonds is 6. The number of nitrogens with one attached hydrogen (secondary N) is 1. The number of carboxylic acids is 1. The standard InChI is InChI=1S/C12H22N2O5S/c1-10-9-20(18,19)8-7-14(10)12(17)13-6-4-2-3-5-11(15)16/h10H,2-9H2,1H3,(H,13,17)(H,15,16). The Morgan fingerprint density at radius 1 is 1.30 bits per heavy atom. The van der Waals surface area contributed by atoms with Gasteiger partial charge < -0.3 is 15.3 Å². The molecule has 1 aliphatic rings. The second-order valence-electron chi connectivity index (χ2n) is 5.09. The SMILES string of the molecule is CC1CS(=O)(=O)CCN1C(=O)NCCCCCC(=O)O. The van der Waals surface area contributed by atoms with Gasteiger partial charge in [-0.25, -0.2) is 13.2 Å². The molecule has 0 radical (unpaired) electrons. The van der Waals surface area contributed by atoms with Gasteiger partial charge in [0, 0.05) is 25.6 Å². The van der Waals surface area contributed by atoms with Crippen LogP contribution in [0.25, 0.3) is 0 Å². The third kappa shape index (κ3) is 5.77. The van der Waals surface area contributed by atoms with Crippen LogP contribution in [0.4, 0.5) is 4.79 Å². The van der Waals surface area contributed by atoms with E-state index in [-0.39, 0.29) is 36.5 Å². The molecule has 20 heavy (non-hydrogen) atoms. The minimum absolute atomic E-state index is 0.0129. The van der Waals surface area contributed by atoms with Gasteiger partial charge in [0.15, 0.2) is 9.84 Å². The molecular weight excluding hydrogens is 284 g/mol. The number of urea groups is 1. The van der Waals surface area contributed by atoms with Gasteiger partial charge in [0.05, 0.1) is 11.5 Å². The zero-order valence-corrected chi connectivity index (χ0v) is 12.5. The Labute approximate surface area is 119 Å². The second kappa shape index (κ2) is 7.47. The molecule has 1 saturated heterocycles. The van der Waals surface area contributed by atoms with Gasteiger partial charge >= 0.3 is 12.0 Å². The summed E-state index contributed by atoms with van der Waals surface area (Å²) in [6.45, 7) is 2.44. The van der Waals surface area contributed by atoms with Crippen LogP contribution in [0.5, 0.6) is 0 Å². The van der Waals surface area contributed by atoms with Crippen LogP contribution in [0.15, 0.2) is 0 Å². The summed E-state index contributed by atoms with van der Waals surface area (Å²) in [6, 6.07) is -0.550. The average Bonchev–Trinajstić information content (AvgIpc) is 2.31. The lowest BCUT2D eigenvalue weighted by Crippen LogP contribution is -2.53. The van der Waals surface area contributed by atoms with Crippen molar-refractivity contribution in [3.63, 3.8) is 0 Å². The number of aliphatic carboxylic acids is 1. The molecule has 0 spiro atoms. The fourth-order valence-electron chi connectivity index (χ4n) is 2.18. The molecule has 0 aromatic rings. The first-order chi connectivity index (χ1) is 9.32. The third-order valence-corrected chi connectivity index (χ3v) is 5.07. The number of sulfone groups is 1. The molecule has 0 aromatic carbocycles. The van der Waals surface area contributed by atoms with Gasteiger partial charge in [-0.1, -0.05) is 6.42 Å². The van der Waals surface area contributed by atoms with Crippen molar-refractivity contribution in [3.05, 3.63) is 0 Å². The van der Waals surface area contributed by atoms with Crippen LogP contribution in [-0.2, 0) is 14.6 Å². The lowest BCUT2D eigenvalue weighted by molar-refractivity contribution is -0.137. The van der Waals surface area contributed by atoms with Crippen molar-refractivity contribution in [3.8, 4) is 0 Å². The molecule has 1 atom stereocenters. The molecule has 0 aliphatic carbocycles. The van der Waals surface area contributed by atoms with Gasteiger partial charge in [-0.2, -0.15) is 0 Å². The molecule has 1 fully saturated rings. The van der Waals surface area contributed by atoms with Crippen molar-refractivity contribution in [1.29, 1.82) is 0 Å². The molecular formula is C12H22N2O5S. The summed E-state index contributed by atoms with van der Waals surface area (Å²) in [5.41, 5.74) is 0. The molecule has 8 heteroatoms. The summed E-state index contributed by atoms with van der Waals surface area (Å²) in [6.07, 6.45) is 2.22. The number of carbonyl (C=O) groups excluding carboxylic acids is 1. The van der Waals surface area contributed by atoms with E-state index in [9.17, 15) is 18.0 Å². The first kappa shape index (κ1) is 16.7. The first-order valence-electron chi connectivity index (χ1n) is 6.78. The average molecular weight is 306 g/mol. The Morgan fingerprint density at radius 3 is 2.60 bits per heavy atom. The Balaban J connectivity index is 2.21. The van der Waals surface area contributed by atoms with E-state index in [0.717, 1.165) is 12.8 Å². The van der Waals surface area contributed by atoms with E-state index < -0.39 is 15.8 Å². The van der Waals surface area contributed by atoms with Crippen LogP contribution < -0.4 is 5.32 Å². The summed E-state index contributed by atoms with van der Waals surface area (Å²) in [7, 11) is -3.02. The number of carboxylic acid groups (broad SMARTS) is 1. The van der Waals surface area contributed by atoms with Crippen LogP contribution >= 0.6 is 0 Å². The van der Waals surface area contributed by atoms with Gasteiger partial charge in [0.25, 0.3) is 0 Å². The number of unbranched alkanes of at least 4 members (excludes halogenated alkanes) is 2. The molecule has 0 aromatic heterocycles. The number of amides is 2. The minimum Gasteiger partial charge on any atom is -0.481 e. The van der Waals surface area contributed by atoms with Crippen LogP contribution in [-0.4, -0.2) is 61.1 Å². The molecule has 7 nitrogen and oxygen atoms in total. The predicted octanol–water partition coefficient (Wildman–Crippen LogP) is 0.460. The maximum Gasteiger partial charge on any atom is 0.317 e. The fraction of sp³-hybridized carbons (Fsp3) is 0.833. The topological polar surface area (TPSA) is 104 Å². The zero-order valence-electron chi connectivity index (χ0n) is 11.7. The Kier molecular flexibility index (Phi) is 6.25. The first-order valence-corrected chi connectivity index (χ1v) is 8.60. The van der Waals surface area contributed by atoms with E-state index in [2.05, 4.69) is 5.32 Å². The maximum atomic E-state index is 11.9. The molecule has 1 unspecified atom stereocenters. The van der Waals surface area contributed by atoms with Crippen molar-refractivity contribution < 1.29 is 23.1 Å². The second-order valence-corrected chi connectivity index (χ2v) is 7.32. The van der Waals surface area contributed by atoms with Crippen LogP contribution in [0.3, 0.4) is 0 Å². The molecule has 1 rings (SSSR count). The summed E-state index contributed by atoms with van der Waals surface area (Å²) < 4.78 is 22.8. The van der Waals surface area contributed by atoms with Crippen molar-refractivity contribution >= 4 is 21.8 Å². The maximum absolute atomic E-state index is 11.9. The summed E-state index contributed by atoms with van der Waals surface area (Å²) in [5.74, 6) is -0.778. The summed E-state index contributed by atoms with van der Waals surface area (Å²) >= 11 is 0. The Hall–Kier alpha value is -1.31. The quantitative estimate of drug-likeness (QED) is 0.694. The van der Waals surface area contributed by atoms with E-state index in [4.69, 9.17) is 5.11 Å². The van der Waals surface area contributed by atoms with E-state index >= 15 is 0 Å². The van der Waals surface area contributed by atoms with Crippen LogP contribution in [0.1, 0.15) is 32.6 Å². The Morgan fingerprint density at radius 2 is 2.00 bits per heavy atom. The molecule has 1 heterocycles. The largest absolute Gasteiger partial charge is 0.481 e. The van der Waals surface area contributed by atoms with E-state index in [1.807, 2.05) is 0 Å². The zero-order chi connectivity index (χ0) is 15.2. The highest BCUT2D eigenvalue weighted by molar-refractivity contribution is 7.91. The minimum atomic E-state index is -3.02. The van der Waals surface area contributed by atoms with Crippen LogP contribution in [0, 0.1) is 0 Å². The lowest BCUT2D eigenvalue weighted by Gasteiger charge is -2.33. The number of hydrogen-bond donors (Lipinski definition) is 2. The van der Waals surface area contributed by atoms with E-state index in [1.54, 1.807) is 6.92 Å².